The number of furan rings is 1. The molecule has 0 unspecified atom stereocenters. The first-order chi connectivity index (χ1) is 18.0. The summed E-state index contributed by atoms with van der Waals surface area (Å²) in [7, 11) is 0. The molecular formula is C29H34N2O5S. The standard InChI is InChI=1S/C29H34N2O5S/c1-2-3-16-25(27(32)21-37-20-24-15-10-17-35-24)30-28(33)26(18-22-11-6-4-7-12-22)31-29(34)36-19-23-13-8-5-9-14-23/h4-15,17,25-26H,2-3,16,18-21H2,1H3,(H,30,33)(H,31,34)/t25-,26-/m0/s1. The fourth-order valence-corrected chi connectivity index (χ4v) is 4.58. The molecule has 2 aromatic carbocycles. The fraction of sp³-hybridized carbons (Fsp3) is 0.345. The summed E-state index contributed by atoms with van der Waals surface area (Å²) in [5.41, 5.74) is 1.73. The van der Waals surface area contributed by atoms with Gasteiger partial charge in [-0.1, -0.05) is 80.4 Å². The molecule has 0 aliphatic rings. The van der Waals surface area contributed by atoms with Crippen molar-refractivity contribution in [1.29, 1.82) is 0 Å². The molecule has 0 saturated heterocycles. The highest BCUT2D eigenvalue weighted by molar-refractivity contribution is 7.99. The van der Waals surface area contributed by atoms with Crippen molar-refractivity contribution in [3.63, 3.8) is 0 Å². The maximum Gasteiger partial charge on any atom is 0.408 e. The van der Waals surface area contributed by atoms with Crippen LogP contribution >= 0.6 is 11.8 Å². The van der Waals surface area contributed by atoms with E-state index in [1.807, 2.05) is 79.7 Å². The molecule has 0 radical (unpaired) electrons. The second-order valence-electron chi connectivity index (χ2n) is 8.69. The zero-order chi connectivity index (χ0) is 26.3. The second-order valence-corrected chi connectivity index (χ2v) is 9.68. The first kappa shape index (κ1) is 28.1. The monoisotopic (exact) mass is 522 g/mol. The molecule has 196 valence electrons. The van der Waals surface area contributed by atoms with Gasteiger partial charge in [0.05, 0.1) is 23.8 Å². The van der Waals surface area contributed by atoms with Gasteiger partial charge in [-0.2, -0.15) is 0 Å². The number of benzene rings is 2. The van der Waals surface area contributed by atoms with Crippen LogP contribution in [0.25, 0.3) is 0 Å². The molecule has 3 aromatic rings. The Balaban J connectivity index is 1.62. The lowest BCUT2D eigenvalue weighted by Crippen LogP contribution is -2.52. The SMILES string of the molecule is CCCC[C@H](NC(=O)[C@H](Cc1ccccc1)NC(=O)OCc1ccccc1)C(=O)CSCc1ccco1. The number of alkyl carbamates (subject to hydrolysis) is 1. The van der Waals surface area contributed by atoms with E-state index in [-0.39, 0.29) is 24.6 Å². The van der Waals surface area contributed by atoms with E-state index in [4.69, 9.17) is 9.15 Å². The average molecular weight is 523 g/mol. The summed E-state index contributed by atoms with van der Waals surface area (Å²) >= 11 is 1.45. The number of carbonyl (C=O) groups is 3. The van der Waals surface area contributed by atoms with Gasteiger partial charge in [0.25, 0.3) is 0 Å². The van der Waals surface area contributed by atoms with Gasteiger partial charge in [-0.25, -0.2) is 4.79 Å². The molecule has 2 atom stereocenters. The molecule has 0 spiro atoms. The Morgan fingerprint density at radius 2 is 1.59 bits per heavy atom. The van der Waals surface area contributed by atoms with Crippen molar-refractivity contribution in [1.82, 2.24) is 10.6 Å². The zero-order valence-electron chi connectivity index (χ0n) is 21.1. The molecule has 37 heavy (non-hydrogen) atoms. The Bertz CT molecular complexity index is 1090. The van der Waals surface area contributed by atoms with E-state index in [1.165, 1.54) is 11.8 Å². The third kappa shape index (κ3) is 10.2. The van der Waals surface area contributed by atoms with Crippen LogP contribution in [0.4, 0.5) is 4.79 Å². The lowest BCUT2D eigenvalue weighted by molar-refractivity contribution is -0.128. The molecule has 1 aromatic heterocycles. The number of ketones is 1. The van der Waals surface area contributed by atoms with E-state index in [9.17, 15) is 14.4 Å². The Labute approximate surface area is 222 Å². The minimum atomic E-state index is -0.890. The van der Waals surface area contributed by atoms with Crippen LogP contribution in [0.2, 0.25) is 0 Å². The quantitative estimate of drug-likeness (QED) is 0.281. The van der Waals surface area contributed by atoms with Crippen LogP contribution in [-0.4, -0.2) is 35.6 Å². The van der Waals surface area contributed by atoms with Crippen molar-refractivity contribution < 1.29 is 23.5 Å². The van der Waals surface area contributed by atoms with Gasteiger partial charge in [0, 0.05) is 6.42 Å². The van der Waals surface area contributed by atoms with Gasteiger partial charge in [-0.3, -0.25) is 9.59 Å². The van der Waals surface area contributed by atoms with E-state index < -0.39 is 24.1 Å². The van der Waals surface area contributed by atoms with Crippen molar-refractivity contribution in [2.75, 3.05) is 5.75 Å². The number of unbranched alkanes of at least 4 members (excludes halogenated alkanes) is 1. The molecule has 2 N–H and O–H groups in total. The van der Waals surface area contributed by atoms with Gasteiger partial charge in [-0.05, 0) is 29.7 Å². The van der Waals surface area contributed by atoms with Crippen LogP contribution in [0.5, 0.6) is 0 Å². The Kier molecular flexibility index (Phi) is 11.8. The summed E-state index contributed by atoms with van der Waals surface area (Å²) in [6.07, 6.45) is 3.43. The molecule has 1 heterocycles. The summed E-state index contributed by atoms with van der Waals surface area (Å²) < 4.78 is 10.7. The van der Waals surface area contributed by atoms with Crippen molar-refractivity contribution >= 4 is 29.5 Å². The van der Waals surface area contributed by atoms with Gasteiger partial charge in [0.15, 0.2) is 5.78 Å². The fourth-order valence-electron chi connectivity index (χ4n) is 3.71. The molecule has 8 heteroatoms. The third-order valence-electron chi connectivity index (χ3n) is 5.72. The average Bonchev–Trinajstić information content (AvgIpc) is 3.44. The highest BCUT2D eigenvalue weighted by atomic mass is 32.2. The number of ether oxygens (including phenoxy) is 1. The summed E-state index contributed by atoms with van der Waals surface area (Å²) in [5, 5.41) is 5.59. The topological polar surface area (TPSA) is 97.6 Å². The van der Waals surface area contributed by atoms with Crippen molar-refractivity contribution in [3.8, 4) is 0 Å². The third-order valence-corrected chi connectivity index (χ3v) is 6.70. The van der Waals surface area contributed by atoms with Crippen molar-refractivity contribution in [2.24, 2.45) is 0 Å². The number of nitrogens with one attached hydrogen (secondary N) is 2. The van der Waals surface area contributed by atoms with E-state index in [0.29, 0.717) is 12.2 Å². The number of carbonyl (C=O) groups excluding carboxylic acids is 3. The summed E-state index contributed by atoms with van der Waals surface area (Å²) in [6.45, 7) is 2.13. The Morgan fingerprint density at radius 1 is 0.892 bits per heavy atom. The van der Waals surface area contributed by atoms with Gasteiger partial charge in [-0.15, -0.1) is 11.8 Å². The van der Waals surface area contributed by atoms with Crippen LogP contribution in [0.1, 0.15) is 43.1 Å². The van der Waals surface area contributed by atoms with Gasteiger partial charge in [0.2, 0.25) is 5.91 Å². The zero-order valence-corrected chi connectivity index (χ0v) is 21.9. The molecule has 0 aliphatic carbocycles. The van der Waals surface area contributed by atoms with Gasteiger partial charge in [0.1, 0.15) is 18.4 Å². The molecule has 7 nitrogen and oxygen atoms in total. The maximum atomic E-state index is 13.3. The van der Waals surface area contributed by atoms with E-state index >= 15 is 0 Å². The minimum absolute atomic E-state index is 0.0523. The van der Waals surface area contributed by atoms with E-state index in [0.717, 1.165) is 29.7 Å². The van der Waals surface area contributed by atoms with Crippen molar-refractivity contribution in [3.05, 3.63) is 95.9 Å². The van der Waals surface area contributed by atoms with Gasteiger partial charge < -0.3 is 19.8 Å². The second kappa shape index (κ2) is 15.6. The number of amides is 2. The predicted octanol–water partition coefficient (Wildman–Crippen LogP) is 5.29. The maximum absolute atomic E-state index is 13.3. The molecule has 0 aliphatic heterocycles. The Morgan fingerprint density at radius 3 is 2.24 bits per heavy atom. The molecule has 0 saturated carbocycles. The Hall–Kier alpha value is -3.52. The minimum Gasteiger partial charge on any atom is -0.468 e. The number of hydrogen-bond donors (Lipinski definition) is 2. The van der Waals surface area contributed by atoms with Crippen LogP contribution < -0.4 is 10.6 Å². The highest BCUT2D eigenvalue weighted by Crippen LogP contribution is 2.15. The van der Waals surface area contributed by atoms with Crippen LogP contribution in [0.3, 0.4) is 0 Å². The number of rotatable bonds is 15. The molecule has 0 fully saturated rings. The molecule has 3 rings (SSSR count). The molecular weight excluding hydrogens is 488 g/mol. The van der Waals surface area contributed by atoms with Crippen LogP contribution in [-0.2, 0) is 33.1 Å². The summed E-state index contributed by atoms with van der Waals surface area (Å²) in [6, 6.07) is 20.9. The predicted molar refractivity (Wildman–Crippen MR) is 145 cm³/mol. The lowest BCUT2D eigenvalue weighted by Gasteiger charge is -2.23. The summed E-state index contributed by atoms with van der Waals surface area (Å²) in [4.78, 5) is 38.9. The lowest BCUT2D eigenvalue weighted by atomic mass is 10.0. The first-order valence-electron chi connectivity index (χ1n) is 12.5. The van der Waals surface area contributed by atoms with E-state index in [1.54, 1.807) is 6.26 Å². The molecule has 0 bridgehead atoms. The summed E-state index contributed by atoms with van der Waals surface area (Å²) in [5.74, 6) is 1.17. The number of Topliss-reactive ketones (excluding diaryl/α,β-unsaturated/α-hetero) is 1. The number of thioether (sulfide) groups is 1. The van der Waals surface area contributed by atoms with Crippen LogP contribution in [0.15, 0.2) is 83.5 Å². The van der Waals surface area contributed by atoms with E-state index in [2.05, 4.69) is 10.6 Å². The molecule has 2 amide bonds. The normalized spacial score (nSPS) is 12.4. The first-order valence-corrected chi connectivity index (χ1v) is 13.6. The van der Waals surface area contributed by atoms with Gasteiger partial charge >= 0.3 is 6.09 Å². The number of hydrogen-bond acceptors (Lipinski definition) is 6. The van der Waals surface area contributed by atoms with Crippen molar-refractivity contribution in [2.45, 2.75) is 57.1 Å². The smallest absolute Gasteiger partial charge is 0.408 e. The largest absolute Gasteiger partial charge is 0.468 e. The highest BCUT2D eigenvalue weighted by Gasteiger charge is 2.27. The van der Waals surface area contributed by atoms with Crippen LogP contribution in [0, 0.1) is 0 Å².